The summed E-state index contributed by atoms with van der Waals surface area (Å²) < 4.78 is 10.9. The summed E-state index contributed by atoms with van der Waals surface area (Å²) >= 11 is 0. The Kier molecular flexibility index (Phi) is 9.16. The Labute approximate surface area is 198 Å². The second-order valence-corrected chi connectivity index (χ2v) is 8.54. The number of hydrogen-bond acceptors (Lipinski definition) is 5. The molecule has 0 spiro atoms. The van der Waals surface area contributed by atoms with Crippen LogP contribution in [-0.4, -0.2) is 37.4 Å². The molecular weight excluding hydrogens is 414 g/mol. The summed E-state index contributed by atoms with van der Waals surface area (Å²) in [5, 5.41) is 10.2. The Morgan fingerprint density at radius 2 is 1.91 bits per heavy atom. The van der Waals surface area contributed by atoms with E-state index in [0.717, 1.165) is 66.9 Å². The Morgan fingerprint density at radius 1 is 1.09 bits per heavy atom. The smallest absolute Gasteiger partial charge is 0.224 e. The van der Waals surface area contributed by atoms with Gasteiger partial charge in [-0.15, -0.1) is 0 Å². The minimum atomic E-state index is 0.0816. The van der Waals surface area contributed by atoms with Gasteiger partial charge in [0, 0.05) is 30.1 Å². The predicted molar refractivity (Wildman–Crippen MR) is 134 cm³/mol. The molecule has 1 unspecified atom stereocenters. The maximum atomic E-state index is 12.2. The number of amides is 1. The van der Waals surface area contributed by atoms with Crippen LogP contribution in [0.2, 0.25) is 0 Å². The van der Waals surface area contributed by atoms with Crippen LogP contribution in [0.25, 0.3) is 0 Å². The first kappa shape index (κ1) is 24.6. The first-order valence-corrected chi connectivity index (χ1v) is 12.0. The number of methoxy groups -OCH3 is 2. The highest BCUT2D eigenvalue weighted by Gasteiger charge is 2.24. The third-order valence-electron chi connectivity index (χ3n) is 6.13. The number of ether oxygens (including phenoxy) is 2. The molecule has 33 heavy (non-hydrogen) atoms. The normalized spacial score (nSPS) is 15.7. The molecule has 0 aliphatic carbocycles. The summed E-state index contributed by atoms with van der Waals surface area (Å²) in [5.41, 5.74) is 4.13. The van der Waals surface area contributed by atoms with Gasteiger partial charge in [0.1, 0.15) is 0 Å². The molecule has 3 rings (SSSR count). The van der Waals surface area contributed by atoms with Crippen molar-refractivity contribution in [3.63, 3.8) is 0 Å². The van der Waals surface area contributed by atoms with Crippen molar-refractivity contribution in [2.45, 2.75) is 58.9 Å². The molecule has 0 saturated heterocycles. The summed E-state index contributed by atoms with van der Waals surface area (Å²) in [6, 6.07) is 14.1. The Balaban J connectivity index is 1.74. The second kappa shape index (κ2) is 12.3. The van der Waals surface area contributed by atoms with Gasteiger partial charge in [0.25, 0.3) is 0 Å². The van der Waals surface area contributed by atoms with E-state index >= 15 is 0 Å². The largest absolute Gasteiger partial charge is 0.493 e. The zero-order chi connectivity index (χ0) is 23.6. The topological polar surface area (TPSA) is 63.2 Å². The molecule has 178 valence electrons. The minimum absolute atomic E-state index is 0.0816. The van der Waals surface area contributed by atoms with E-state index in [4.69, 9.17) is 14.6 Å². The van der Waals surface area contributed by atoms with E-state index in [1.54, 1.807) is 14.2 Å². The molecule has 0 fully saturated rings. The van der Waals surface area contributed by atoms with E-state index in [1.165, 1.54) is 0 Å². The average molecular weight is 452 g/mol. The van der Waals surface area contributed by atoms with Crippen LogP contribution in [0.15, 0.2) is 47.6 Å². The maximum absolute atomic E-state index is 12.2. The lowest BCUT2D eigenvalue weighted by Crippen LogP contribution is -2.32. The van der Waals surface area contributed by atoms with Gasteiger partial charge < -0.3 is 14.8 Å². The number of nitrogens with zero attached hydrogens (tertiary/aromatic N) is 2. The highest BCUT2D eigenvalue weighted by Crippen LogP contribution is 2.31. The predicted octanol–water partition coefficient (Wildman–Crippen LogP) is 5.86. The van der Waals surface area contributed by atoms with Crippen LogP contribution in [0.4, 0.5) is 5.69 Å². The molecule has 1 aliphatic heterocycles. The molecule has 0 radical (unpaired) electrons. The number of hydrogen-bond donors (Lipinski definition) is 1. The molecule has 0 saturated carbocycles. The standard InChI is InChI=1S/C27H37N3O3/c1-5-7-8-12-26(31)28-23-11-9-10-20(17-23)19-30-16-15-21(6-2)27(29-30)22-13-14-24(32-3)25(18-22)33-4/h9-11,13-14,17-18,21H,5-8,12,15-16,19H2,1-4H3,(H,28,31). The van der Waals surface area contributed by atoms with Crippen molar-refractivity contribution in [1.82, 2.24) is 5.01 Å². The van der Waals surface area contributed by atoms with Crippen molar-refractivity contribution in [3.05, 3.63) is 53.6 Å². The monoisotopic (exact) mass is 451 g/mol. The number of rotatable bonds is 11. The maximum Gasteiger partial charge on any atom is 0.224 e. The Hall–Kier alpha value is -3.02. The molecule has 1 amide bonds. The fourth-order valence-electron chi connectivity index (χ4n) is 4.24. The van der Waals surface area contributed by atoms with Gasteiger partial charge in [-0.05, 0) is 55.2 Å². The Bertz CT molecular complexity index is 957. The van der Waals surface area contributed by atoms with Crippen LogP contribution in [0.1, 0.15) is 63.5 Å². The third-order valence-corrected chi connectivity index (χ3v) is 6.13. The fourth-order valence-corrected chi connectivity index (χ4v) is 4.24. The Morgan fingerprint density at radius 3 is 2.64 bits per heavy atom. The minimum Gasteiger partial charge on any atom is -0.493 e. The highest BCUT2D eigenvalue weighted by molar-refractivity contribution is 6.03. The van der Waals surface area contributed by atoms with Crippen molar-refractivity contribution in [3.8, 4) is 11.5 Å². The quantitative estimate of drug-likeness (QED) is 0.435. The molecule has 0 bridgehead atoms. The number of benzene rings is 2. The van der Waals surface area contributed by atoms with Crippen molar-refractivity contribution < 1.29 is 14.3 Å². The first-order valence-electron chi connectivity index (χ1n) is 12.0. The molecule has 1 N–H and O–H groups in total. The lowest BCUT2D eigenvalue weighted by molar-refractivity contribution is -0.116. The van der Waals surface area contributed by atoms with Gasteiger partial charge in [-0.25, -0.2) is 0 Å². The second-order valence-electron chi connectivity index (χ2n) is 8.54. The van der Waals surface area contributed by atoms with Gasteiger partial charge in [-0.2, -0.15) is 5.10 Å². The third kappa shape index (κ3) is 6.73. The van der Waals surface area contributed by atoms with E-state index in [-0.39, 0.29) is 5.91 Å². The molecule has 6 nitrogen and oxygen atoms in total. The van der Waals surface area contributed by atoms with Crippen LogP contribution in [-0.2, 0) is 11.3 Å². The van der Waals surface area contributed by atoms with E-state index < -0.39 is 0 Å². The van der Waals surface area contributed by atoms with Crippen LogP contribution in [0.5, 0.6) is 11.5 Å². The SMILES string of the molecule is CCCCCC(=O)Nc1cccc(CN2CCC(CC)C(c3ccc(OC)c(OC)c3)=N2)c1. The zero-order valence-electron chi connectivity index (χ0n) is 20.4. The number of unbranched alkanes of at least 4 members (excludes halogenated alkanes) is 2. The van der Waals surface area contributed by atoms with Crippen molar-refractivity contribution >= 4 is 17.3 Å². The van der Waals surface area contributed by atoms with Crippen LogP contribution in [0.3, 0.4) is 0 Å². The van der Waals surface area contributed by atoms with Gasteiger partial charge in [-0.1, -0.05) is 38.8 Å². The van der Waals surface area contributed by atoms with Gasteiger partial charge >= 0.3 is 0 Å². The number of carbonyl (C=O) groups is 1. The van der Waals surface area contributed by atoms with Gasteiger partial charge in [0.15, 0.2) is 11.5 Å². The summed E-state index contributed by atoms with van der Waals surface area (Å²) in [6.07, 6.45) is 5.80. The lowest BCUT2D eigenvalue weighted by atomic mass is 9.90. The molecule has 6 heteroatoms. The number of anilines is 1. The molecule has 0 aromatic heterocycles. The number of hydrazone groups is 1. The van der Waals surface area contributed by atoms with Crippen molar-refractivity contribution in [1.29, 1.82) is 0 Å². The van der Waals surface area contributed by atoms with E-state index in [1.807, 2.05) is 24.3 Å². The van der Waals surface area contributed by atoms with Crippen LogP contribution >= 0.6 is 0 Å². The molecule has 2 aromatic carbocycles. The number of carbonyl (C=O) groups excluding carboxylic acids is 1. The molecular formula is C27H37N3O3. The molecule has 2 aromatic rings. The van der Waals surface area contributed by atoms with Gasteiger partial charge in [-0.3, -0.25) is 9.80 Å². The van der Waals surface area contributed by atoms with E-state index in [9.17, 15) is 4.79 Å². The van der Waals surface area contributed by atoms with Crippen LogP contribution < -0.4 is 14.8 Å². The molecule has 1 heterocycles. The fraction of sp³-hybridized carbons (Fsp3) is 0.481. The van der Waals surface area contributed by atoms with E-state index in [0.29, 0.717) is 24.6 Å². The highest BCUT2D eigenvalue weighted by atomic mass is 16.5. The number of nitrogens with one attached hydrogen (secondary N) is 1. The molecule has 1 atom stereocenters. The summed E-state index contributed by atoms with van der Waals surface area (Å²) in [6.45, 7) is 5.96. The summed E-state index contributed by atoms with van der Waals surface area (Å²) in [4.78, 5) is 12.2. The van der Waals surface area contributed by atoms with Crippen molar-refractivity contribution in [2.75, 3.05) is 26.1 Å². The van der Waals surface area contributed by atoms with E-state index in [2.05, 4.69) is 42.4 Å². The zero-order valence-corrected chi connectivity index (χ0v) is 20.4. The first-order chi connectivity index (χ1) is 16.1. The van der Waals surface area contributed by atoms with Gasteiger partial charge in [0.2, 0.25) is 5.91 Å². The summed E-state index contributed by atoms with van der Waals surface area (Å²) in [7, 11) is 3.30. The average Bonchev–Trinajstić information content (AvgIpc) is 2.84. The summed E-state index contributed by atoms with van der Waals surface area (Å²) in [5.74, 6) is 1.93. The lowest BCUT2D eigenvalue weighted by Gasteiger charge is -2.31. The van der Waals surface area contributed by atoms with Crippen LogP contribution in [0, 0.1) is 5.92 Å². The van der Waals surface area contributed by atoms with Crippen molar-refractivity contribution in [2.24, 2.45) is 11.0 Å². The van der Waals surface area contributed by atoms with Gasteiger partial charge in [0.05, 0.1) is 26.5 Å². The molecule has 1 aliphatic rings.